The van der Waals surface area contributed by atoms with Crippen LogP contribution in [0.25, 0.3) is 0 Å². The molecular weight excluding hydrogens is 358 g/mol. The van der Waals surface area contributed by atoms with E-state index in [4.69, 9.17) is 0 Å². The molecule has 1 saturated heterocycles. The van der Waals surface area contributed by atoms with Crippen molar-refractivity contribution >= 4 is 32.2 Å². The Morgan fingerprint density at radius 3 is 2.60 bits per heavy atom. The fourth-order valence-corrected chi connectivity index (χ4v) is 4.82. The van der Waals surface area contributed by atoms with Crippen LogP contribution in [0.3, 0.4) is 0 Å². The third kappa shape index (κ3) is 4.79. The second-order valence-corrected chi connectivity index (χ2v) is 9.01. The Morgan fingerprint density at radius 2 is 1.96 bits per heavy atom. The number of benzene rings is 1. The molecular formula is C17H21N3O3S2. The molecule has 1 aromatic heterocycles. The van der Waals surface area contributed by atoms with E-state index < -0.39 is 9.84 Å². The Labute approximate surface area is 151 Å². The van der Waals surface area contributed by atoms with Crippen molar-refractivity contribution in [2.75, 3.05) is 23.7 Å². The highest BCUT2D eigenvalue weighted by Crippen LogP contribution is 2.22. The Kier molecular flexibility index (Phi) is 5.70. The Bertz CT molecular complexity index is 784. The predicted molar refractivity (Wildman–Crippen MR) is 98.6 cm³/mol. The molecule has 1 amide bonds. The first kappa shape index (κ1) is 17.9. The summed E-state index contributed by atoms with van der Waals surface area (Å²) in [6.07, 6.45) is 3.47. The molecule has 2 aromatic rings. The lowest BCUT2D eigenvalue weighted by atomic mass is 10.1. The van der Waals surface area contributed by atoms with Crippen LogP contribution in [0.15, 0.2) is 46.8 Å². The van der Waals surface area contributed by atoms with Crippen molar-refractivity contribution in [1.82, 2.24) is 10.3 Å². The van der Waals surface area contributed by atoms with E-state index in [9.17, 15) is 13.2 Å². The SMILES string of the molecule is O=C(CCS(=O)(=O)c1ccccc1)NC1CCN(c2nccs2)CC1. The Morgan fingerprint density at radius 1 is 1.24 bits per heavy atom. The summed E-state index contributed by atoms with van der Waals surface area (Å²) in [7, 11) is -3.41. The standard InChI is InChI=1S/C17H21N3O3S2/c21-16(8-13-25(22,23)15-4-2-1-3-5-15)19-14-6-10-20(11-7-14)17-18-9-12-24-17/h1-5,9,12,14H,6-8,10-11,13H2,(H,19,21). The predicted octanol–water partition coefficient (Wildman–Crippen LogP) is 2.09. The second kappa shape index (κ2) is 7.97. The molecule has 0 radical (unpaired) electrons. The molecule has 1 aliphatic heterocycles. The summed E-state index contributed by atoms with van der Waals surface area (Å²) < 4.78 is 24.4. The molecule has 0 unspecified atom stereocenters. The zero-order chi connectivity index (χ0) is 17.7. The molecule has 0 saturated carbocycles. The number of sulfone groups is 1. The maximum atomic E-state index is 12.2. The first-order valence-corrected chi connectivity index (χ1v) is 10.8. The second-order valence-electron chi connectivity index (χ2n) is 6.03. The van der Waals surface area contributed by atoms with Gasteiger partial charge in [-0.05, 0) is 25.0 Å². The number of aromatic nitrogens is 1. The average molecular weight is 380 g/mol. The third-order valence-corrected chi connectivity index (χ3v) is 6.81. The van der Waals surface area contributed by atoms with E-state index in [1.807, 2.05) is 5.38 Å². The van der Waals surface area contributed by atoms with Gasteiger partial charge in [0.25, 0.3) is 0 Å². The van der Waals surface area contributed by atoms with E-state index in [1.54, 1.807) is 47.9 Å². The molecule has 0 bridgehead atoms. The van der Waals surface area contributed by atoms with Crippen LogP contribution in [0, 0.1) is 0 Å². The number of rotatable bonds is 6. The van der Waals surface area contributed by atoms with E-state index in [0.717, 1.165) is 31.1 Å². The van der Waals surface area contributed by atoms with Crippen molar-refractivity contribution in [2.24, 2.45) is 0 Å². The van der Waals surface area contributed by atoms with Crippen LogP contribution in [-0.4, -0.2) is 44.2 Å². The minimum atomic E-state index is -3.41. The van der Waals surface area contributed by atoms with Crippen molar-refractivity contribution in [3.8, 4) is 0 Å². The monoisotopic (exact) mass is 379 g/mol. The van der Waals surface area contributed by atoms with Crippen LogP contribution < -0.4 is 10.2 Å². The smallest absolute Gasteiger partial charge is 0.221 e. The number of carbonyl (C=O) groups is 1. The van der Waals surface area contributed by atoms with E-state index in [-0.39, 0.29) is 29.0 Å². The zero-order valence-corrected chi connectivity index (χ0v) is 15.4. The number of anilines is 1. The van der Waals surface area contributed by atoms with E-state index in [0.29, 0.717) is 0 Å². The fourth-order valence-electron chi connectivity index (χ4n) is 2.86. The van der Waals surface area contributed by atoms with Crippen molar-refractivity contribution in [2.45, 2.75) is 30.2 Å². The third-order valence-electron chi connectivity index (χ3n) is 4.25. The summed E-state index contributed by atoms with van der Waals surface area (Å²) in [5.74, 6) is -0.368. The maximum Gasteiger partial charge on any atom is 0.221 e. The molecule has 134 valence electrons. The van der Waals surface area contributed by atoms with Crippen LogP contribution in [0.1, 0.15) is 19.3 Å². The van der Waals surface area contributed by atoms with E-state index >= 15 is 0 Å². The van der Waals surface area contributed by atoms with Crippen molar-refractivity contribution in [3.63, 3.8) is 0 Å². The Hall–Kier alpha value is -1.93. The Balaban J connectivity index is 1.44. The molecule has 1 fully saturated rings. The van der Waals surface area contributed by atoms with Crippen LogP contribution in [0.2, 0.25) is 0 Å². The summed E-state index contributed by atoms with van der Waals surface area (Å²) in [6.45, 7) is 1.70. The summed E-state index contributed by atoms with van der Waals surface area (Å²) in [4.78, 5) is 18.9. The topological polar surface area (TPSA) is 79.4 Å². The molecule has 0 spiro atoms. The highest BCUT2D eigenvalue weighted by atomic mass is 32.2. The lowest BCUT2D eigenvalue weighted by molar-refractivity contribution is -0.121. The van der Waals surface area contributed by atoms with Crippen molar-refractivity contribution < 1.29 is 13.2 Å². The summed E-state index contributed by atoms with van der Waals surface area (Å²) >= 11 is 1.61. The van der Waals surface area contributed by atoms with Gasteiger partial charge < -0.3 is 10.2 Å². The van der Waals surface area contributed by atoms with Gasteiger partial charge in [-0.1, -0.05) is 18.2 Å². The van der Waals surface area contributed by atoms with Gasteiger partial charge in [0.2, 0.25) is 5.91 Å². The van der Waals surface area contributed by atoms with Gasteiger partial charge in [-0.3, -0.25) is 4.79 Å². The van der Waals surface area contributed by atoms with Crippen molar-refractivity contribution in [3.05, 3.63) is 41.9 Å². The molecule has 1 aromatic carbocycles. The van der Waals surface area contributed by atoms with Gasteiger partial charge in [-0.25, -0.2) is 13.4 Å². The number of amides is 1. The molecule has 2 heterocycles. The number of nitrogens with one attached hydrogen (secondary N) is 1. The van der Waals surface area contributed by atoms with Gasteiger partial charge in [0, 0.05) is 37.1 Å². The van der Waals surface area contributed by atoms with Crippen LogP contribution in [0.5, 0.6) is 0 Å². The molecule has 1 N–H and O–H groups in total. The molecule has 0 aliphatic carbocycles. The minimum absolute atomic E-state index is 0.01000. The van der Waals surface area contributed by atoms with Crippen molar-refractivity contribution in [1.29, 1.82) is 0 Å². The molecule has 8 heteroatoms. The molecule has 3 rings (SSSR count). The fraction of sp³-hybridized carbons (Fsp3) is 0.412. The average Bonchev–Trinajstić information content (AvgIpc) is 3.16. The lowest BCUT2D eigenvalue weighted by Crippen LogP contribution is -2.45. The van der Waals surface area contributed by atoms with Crippen LogP contribution >= 0.6 is 11.3 Å². The normalized spacial score (nSPS) is 15.9. The number of hydrogen-bond acceptors (Lipinski definition) is 6. The van der Waals surface area contributed by atoms with E-state index in [1.165, 1.54) is 0 Å². The number of thiazole rings is 1. The highest BCUT2D eigenvalue weighted by Gasteiger charge is 2.23. The van der Waals surface area contributed by atoms with Gasteiger partial charge in [0.05, 0.1) is 10.6 Å². The van der Waals surface area contributed by atoms with Gasteiger partial charge in [-0.2, -0.15) is 0 Å². The van der Waals surface area contributed by atoms with E-state index in [2.05, 4.69) is 15.2 Å². The summed E-state index contributed by atoms with van der Waals surface area (Å²) in [5.41, 5.74) is 0. The molecule has 0 atom stereocenters. The number of nitrogens with zero attached hydrogens (tertiary/aromatic N) is 2. The van der Waals surface area contributed by atoms with Gasteiger partial charge in [0.1, 0.15) is 0 Å². The summed E-state index contributed by atoms with van der Waals surface area (Å²) in [5, 5.41) is 5.93. The molecule has 6 nitrogen and oxygen atoms in total. The lowest BCUT2D eigenvalue weighted by Gasteiger charge is -2.32. The molecule has 25 heavy (non-hydrogen) atoms. The van der Waals surface area contributed by atoms with Gasteiger partial charge in [0.15, 0.2) is 15.0 Å². The number of piperidine rings is 1. The van der Waals surface area contributed by atoms with Gasteiger partial charge in [-0.15, -0.1) is 11.3 Å². The zero-order valence-electron chi connectivity index (χ0n) is 13.8. The number of hydrogen-bond donors (Lipinski definition) is 1. The quantitative estimate of drug-likeness (QED) is 0.831. The largest absolute Gasteiger partial charge is 0.353 e. The minimum Gasteiger partial charge on any atom is -0.353 e. The summed E-state index contributed by atoms with van der Waals surface area (Å²) in [6, 6.07) is 8.35. The molecule has 1 aliphatic rings. The van der Waals surface area contributed by atoms with Crippen LogP contribution in [-0.2, 0) is 14.6 Å². The van der Waals surface area contributed by atoms with Crippen LogP contribution in [0.4, 0.5) is 5.13 Å². The number of carbonyl (C=O) groups excluding carboxylic acids is 1. The van der Waals surface area contributed by atoms with Gasteiger partial charge >= 0.3 is 0 Å². The highest BCUT2D eigenvalue weighted by molar-refractivity contribution is 7.91. The first-order chi connectivity index (χ1) is 12.0. The maximum absolute atomic E-state index is 12.2. The first-order valence-electron chi connectivity index (χ1n) is 8.26.